The second-order valence-electron chi connectivity index (χ2n) is 9.08. The Bertz CT molecular complexity index is 1410. The lowest BCUT2D eigenvalue weighted by atomic mass is 9.96. The predicted octanol–water partition coefficient (Wildman–Crippen LogP) is 5.86. The molecule has 0 saturated heterocycles. The van der Waals surface area contributed by atoms with E-state index in [0.717, 1.165) is 6.20 Å². The van der Waals surface area contributed by atoms with Crippen molar-refractivity contribution < 1.29 is 28.0 Å². The number of aromatic nitrogens is 3. The fourth-order valence-electron chi connectivity index (χ4n) is 3.91. The molecule has 0 aliphatic heterocycles. The van der Waals surface area contributed by atoms with Crippen LogP contribution in [0.5, 0.6) is 5.88 Å². The molecule has 0 fully saturated rings. The van der Waals surface area contributed by atoms with E-state index in [1.165, 1.54) is 16.7 Å². The van der Waals surface area contributed by atoms with Crippen LogP contribution in [0.2, 0.25) is 0 Å². The average molecular weight is 480 g/mol. The number of pyridine rings is 1. The highest BCUT2D eigenvalue weighted by Crippen LogP contribution is 2.36. The number of hydrogen-bond acceptors (Lipinski definition) is 7. The van der Waals surface area contributed by atoms with Gasteiger partial charge in [0.05, 0.1) is 24.0 Å². The van der Waals surface area contributed by atoms with Crippen molar-refractivity contribution in [1.82, 2.24) is 14.7 Å². The SMILES string of the molecule is CCOc1cc2c(C(=O)c3ccc(F)cn3)cc(-c3c(C)noc3C)cc2n1C(=O)OC(C)(C)C. The van der Waals surface area contributed by atoms with Gasteiger partial charge >= 0.3 is 6.09 Å². The zero-order chi connectivity index (χ0) is 25.5. The minimum absolute atomic E-state index is 0.0617. The summed E-state index contributed by atoms with van der Waals surface area (Å²) in [4.78, 5) is 30.7. The van der Waals surface area contributed by atoms with Crippen molar-refractivity contribution in [3.8, 4) is 17.0 Å². The first-order chi connectivity index (χ1) is 16.5. The van der Waals surface area contributed by atoms with E-state index in [-0.39, 0.29) is 17.1 Å². The van der Waals surface area contributed by atoms with E-state index in [4.69, 9.17) is 14.0 Å². The number of carbonyl (C=O) groups excluding carboxylic acids is 2. The molecule has 35 heavy (non-hydrogen) atoms. The number of halogens is 1. The second kappa shape index (κ2) is 8.98. The van der Waals surface area contributed by atoms with Crippen LogP contribution in [0.25, 0.3) is 22.0 Å². The maximum absolute atomic E-state index is 13.6. The van der Waals surface area contributed by atoms with Gasteiger partial charge < -0.3 is 14.0 Å². The quantitative estimate of drug-likeness (QED) is 0.331. The molecular weight excluding hydrogens is 453 g/mol. The van der Waals surface area contributed by atoms with E-state index in [1.807, 2.05) is 0 Å². The Labute approximate surface area is 201 Å². The summed E-state index contributed by atoms with van der Waals surface area (Å²) in [6.07, 6.45) is 0.338. The van der Waals surface area contributed by atoms with Crippen LogP contribution in [0.4, 0.5) is 9.18 Å². The van der Waals surface area contributed by atoms with E-state index in [0.29, 0.717) is 40.1 Å². The fourth-order valence-corrected chi connectivity index (χ4v) is 3.91. The molecule has 4 aromatic rings. The Balaban J connectivity index is 2.03. The van der Waals surface area contributed by atoms with Gasteiger partial charge in [0, 0.05) is 22.6 Å². The molecule has 8 nitrogen and oxygen atoms in total. The summed E-state index contributed by atoms with van der Waals surface area (Å²) in [5, 5.41) is 4.48. The van der Waals surface area contributed by atoms with E-state index in [9.17, 15) is 14.0 Å². The number of fused-ring (bicyclic) bond motifs is 1. The van der Waals surface area contributed by atoms with Gasteiger partial charge in [-0.05, 0) is 71.4 Å². The van der Waals surface area contributed by atoms with Gasteiger partial charge in [0.1, 0.15) is 22.9 Å². The summed E-state index contributed by atoms with van der Waals surface area (Å²) >= 11 is 0. The molecule has 0 aliphatic carbocycles. The normalized spacial score (nSPS) is 11.6. The summed E-state index contributed by atoms with van der Waals surface area (Å²) < 4.78 is 31.5. The van der Waals surface area contributed by atoms with Crippen molar-refractivity contribution in [2.75, 3.05) is 6.61 Å². The summed E-state index contributed by atoms with van der Waals surface area (Å²) in [7, 11) is 0. The van der Waals surface area contributed by atoms with Gasteiger partial charge in [-0.3, -0.25) is 4.79 Å². The van der Waals surface area contributed by atoms with Gasteiger partial charge in [0.15, 0.2) is 0 Å². The Morgan fingerprint density at radius 1 is 1.14 bits per heavy atom. The van der Waals surface area contributed by atoms with Gasteiger partial charge in [-0.1, -0.05) is 5.16 Å². The number of hydrogen-bond donors (Lipinski definition) is 0. The number of aryl methyl sites for hydroxylation is 2. The predicted molar refractivity (Wildman–Crippen MR) is 127 cm³/mol. The third kappa shape index (κ3) is 4.66. The number of rotatable bonds is 5. The number of nitrogens with zero attached hydrogens (tertiary/aromatic N) is 3. The van der Waals surface area contributed by atoms with E-state index in [2.05, 4.69) is 10.1 Å². The third-order valence-corrected chi connectivity index (χ3v) is 5.28. The van der Waals surface area contributed by atoms with Gasteiger partial charge in [0.25, 0.3) is 0 Å². The third-order valence-electron chi connectivity index (χ3n) is 5.28. The largest absolute Gasteiger partial charge is 0.479 e. The maximum Gasteiger partial charge on any atom is 0.421 e. The zero-order valence-corrected chi connectivity index (χ0v) is 20.4. The van der Waals surface area contributed by atoms with Crippen LogP contribution in [0.1, 0.15) is 55.2 Å². The van der Waals surface area contributed by atoms with Crippen molar-refractivity contribution >= 4 is 22.8 Å². The monoisotopic (exact) mass is 479 g/mol. The van der Waals surface area contributed by atoms with Crippen LogP contribution < -0.4 is 4.74 Å². The average Bonchev–Trinajstić information content (AvgIpc) is 3.31. The van der Waals surface area contributed by atoms with Crippen molar-refractivity contribution in [3.05, 3.63) is 65.1 Å². The highest BCUT2D eigenvalue weighted by molar-refractivity contribution is 6.17. The highest BCUT2D eigenvalue weighted by atomic mass is 19.1. The minimum atomic E-state index is -0.757. The molecule has 3 heterocycles. The molecule has 0 bridgehead atoms. The fraction of sp³-hybridized carbons (Fsp3) is 0.308. The van der Waals surface area contributed by atoms with Crippen molar-refractivity contribution in [1.29, 1.82) is 0 Å². The Kier molecular flexibility index (Phi) is 6.19. The first-order valence-electron chi connectivity index (χ1n) is 11.1. The molecule has 0 saturated carbocycles. The summed E-state index contributed by atoms with van der Waals surface area (Å²) in [6, 6.07) is 7.57. The van der Waals surface area contributed by atoms with Crippen molar-refractivity contribution in [2.24, 2.45) is 0 Å². The van der Waals surface area contributed by atoms with Crippen LogP contribution in [0.15, 0.2) is 41.1 Å². The van der Waals surface area contributed by atoms with Gasteiger partial charge in [-0.15, -0.1) is 0 Å². The van der Waals surface area contributed by atoms with E-state index >= 15 is 0 Å². The Morgan fingerprint density at radius 3 is 2.46 bits per heavy atom. The van der Waals surface area contributed by atoms with Crippen LogP contribution >= 0.6 is 0 Å². The molecule has 0 amide bonds. The minimum Gasteiger partial charge on any atom is -0.479 e. The number of ketones is 1. The molecule has 9 heteroatoms. The topological polar surface area (TPSA) is 96.5 Å². The Morgan fingerprint density at radius 2 is 1.89 bits per heavy atom. The highest BCUT2D eigenvalue weighted by Gasteiger charge is 2.27. The standard InChI is InChI=1S/C26H26FN3O5/c1-7-33-22-12-18-19(24(31)20-9-8-17(27)13-28-20)10-16(23-14(2)29-35-15(23)3)11-21(18)30(22)25(32)34-26(4,5)6/h8-13H,7H2,1-6H3. The lowest BCUT2D eigenvalue weighted by Gasteiger charge is -2.21. The molecule has 3 aromatic heterocycles. The maximum atomic E-state index is 13.6. The number of benzene rings is 1. The number of ether oxygens (including phenoxy) is 2. The first kappa shape index (κ1) is 24.1. The Hall–Kier alpha value is -4.01. The summed E-state index contributed by atoms with van der Waals surface area (Å²) in [5.41, 5.74) is 1.92. The molecule has 0 radical (unpaired) electrons. The van der Waals surface area contributed by atoms with E-state index in [1.54, 1.807) is 59.7 Å². The summed E-state index contributed by atoms with van der Waals surface area (Å²) in [6.45, 7) is 10.9. The van der Waals surface area contributed by atoms with Crippen molar-refractivity contribution in [3.63, 3.8) is 0 Å². The molecule has 0 spiro atoms. The smallest absolute Gasteiger partial charge is 0.421 e. The van der Waals surface area contributed by atoms with Gasteiger partial charge in [-0.25, -0.2) is 18.7 Å². The molecule has 182 valence electrons. The van der Waals surface area contributed by atoms with Crippen LogP contribution in [-0.4, -0.2) is 38.8 Å². The molecule has 4 rings (SSSR count). The molecular formula is C26H26FN3O5. The van der Waals surface area contributed by atoms with E-state index < -0.39 is 23.3 Å². The molecule has 0 atom stereocenters. The van der Waals surface area contributed by atoms with Crippen molar-refractivity contribution in [2.45, 2.75) is 47.1 Å². The molecule has 0 N–H and O–H groups in total. The van der Waals surface area contributed by atoms with Crippen LogP contribution in [0, 0.1) is 19.7 Å². The number of carbonyl (C=O) groups is 2. The summed E-state index contributed by atoms with van der Waals surface area (Å²) in [5.74, 6) is -0.201. The van der Waals surface area contributed by atoms with Crippen LogP contribution in [-0.2, 0) is 4.74 Å². The molecule has 0 aliphatic rings. The lowest BCUT2D eigenvalue weighted by molar-refractivity contribution is 0.0529. The van der Waals surface area contributed by atoms with Gasteiger partial charge in [-0.2, -0.15) is 0 Å². The van der Waals surface area contributed by atoms with Crippen LogP contribution in [0.3, 0.4) is 0 Å². The second-order valence-corrected chi connectivity index (χ2v) is 9.08. The lowest BCUT2D eigenvalue weighted by Crippen LogP contribution is -2.27. The molecule has 0 unspecified atom stereocenters. The van der Waals surface area contributed by atoms with Gasteiger partial charge in [0.2, 0.25) is 11.7 Å². The zero-order valence-electron chi connectivity index (χ0n) is 20.4. The molecule has 1 aromatic carbocycles. The first-order valence-corrected chi connectivity index (χ1v) is 11.1.